The molecule has 1 aromatic heterocycles. The first kappa shape index (κ1) is 9.75. The van der Waals surface area contributed by atoms with E-state index in [-0.39, 0.29) is 5.82 Å². The van der Waals surface area contributed by atoms with E-state index in [0.717, 1.165) is 5.56 Å². The summed E-state index contributed by atoms with van der Waals surface area (Å²) in [7, 11) is 0. The predicted octanol–water partition coefficient (Wildman–Crippen LogP) is -0.0669. The Morgan fingerprint density at radius 2 is 2.00 bits per heavy atom. The fraction of sp³-hybridized carbons (Fsp3) is 0.222. The molecule has 2 aromatic rings. The second kappa shape index (κ2) is 4.16. The van der Waals surface area contributed by atoms with E-state index in [1.54, 1.807) is 0 Å². The molecular weight excluding hydrogens is 194 g/mol. The number of nitrogens with zero attached hydrogens (tertiary/aromatic N) is 3. The van der Waals surface area contributed by atoms with Gasteiger partial charge >= 0.3 is 0 Å². The highest BCUT2D eigenvalue weighted by Crippen LogP contribution is 2.22. The smallest absolute Gasteiger partial charge is 0.204 e. The van der Waals surface area contributed by atoms with Crippen molar-refractivity contribution >= 4 is 0 Å². The molecule has 78 valence electrons. The van der Waals surface area contributed by atoms with E-state index in [4.69, 9.17) is 5.73 Å². The molecule has 0 aliphatic rings. The van der Waals surface area contributed by atoms with Gasteiger partial charge in [0.15, 0.2) is 0 Å². The molecule has 6 heteroatoms. The van der Waals surface area contributed by atoms with Crippen LogP contribution in [0.5, 0.6) is 0 Å². The van der Waals surface area contributed by atoms with Gasteiger partial charge in [-0.05, 0) is 5.56 Å². The van der Waals surface area contributed by atoms with Crippen LogP contribution in [0.4, 0.5) is 0 Å². The monoisotopic (exact) mass is 205 g/mol. The molecule has 0 amide bonds. The summed E-state index contributed by atoms with van der Waals surface area (Å²) >= 11 is 0. The van der Waals surface area contributed by atoms with Gasteiger partial charge in [0.05, 0.1) is 6.04 Å². The molecule has 2 rings (SSSR count). The lowest BCUT2D eigenvalue weighted by Crippen LogP contribution is -2.20. The Hall–Kier alpha value is -1.79. The second-order valence-electron chi connectivity index (χ2n) is 3.15. The minimum atomic E-state index is -0.953. The Bertz CT molecular complexity index is 402. The molecule has 0 aliphatic carbocycles. The van der Waals surface area contributed by atoms with Crippen LogP contribution in [-0.4, -0.2) is 25.7 Å². The summed E-state index contributed by atoms with van der Waals surface area (Å²) in [5.41, 5.74) is 6.69. The predicted molar refractivity (Wildman–Crippen MR) is 52.5 cm³/mol. The van der Waals surface area contributed by atoms with Crippen LogP contribution < -0.4 is 5.73 Å². The molecular formula is C9H11N5O. The Labute approximate surface area is 86.1 Å². The van der Waals surface area contributed by atoms with E-state index < -0.39 is 12.1 Å². The minimum absolute atomic E-state index is 0.200. The first-order chi connectivity index (χ1) is 7.29. The first-order valence-electron chi connectivity index (χ1n) is 4.51. The average Bonchev–Trinajstić information content (AvgIpc) is 2.82. The van der Waals surface area contributed by atoms with Gasteiger partial charge < -0.3 is 10.8 Å². The van der Waals surface area contributed by atoms with E-state index >= 15 is 0 Å². The van der Waals surface area contributed by atoms with Gasteiger partial charge in [-0.3, -0.25) is 0 Å². The summed E-state index contributed by atoms with van der Waals surface area (Å²) in [5, 5.41) is 22.8. The average molecular weight is 205 g/mol. The molecule has 0 fully saturated rings. The number of aromatic amines is 1. The van der Waals surface area contributed by atoms with Crippen molar-refractivity contribution in [1.82, 2.24) is 20.6 Å². The standard InChI is InChI=1S/C9H11N5O/c10-7(6-4-2-1-3-5-6)8(15)9-11-13-14-12-9/h1-5,7-8,15H,10H2,(H,11,12,13,14)/t7-,8-/m0/s1. The zero-order chi connectivity index (χ0) is 10.7. The SMILES string of the molecule is N[C@@H](c1ccccc1)[C@H](O)c1nn[nH]n1. The van der Waals surface area contributed by atoms with Crippen molar-refractivity contribution < 1.29 is 5.11 Å². The molecule has 0 radical (unpaired) electrons. The maximum atomic E-state index is 9.82. The van der Waals surface area contributed by atoms with Crippen LogP contribution >= 0.6 is 0 Å². The topological polar surface area (TPSA) is 101 Å². The van der Waals surface area contributed by atoms with Gasteiger partial charge in [0.25, 0.3) is 0 Å². The molecule has 15 heavy (non-hydrogen) atoms. The van der Waals surface area contributed by atoms with Crippen LogP contribution in [0.25, 0.3) is 0 Å². The van der Waals surface area contributed by atoms with Crippen LogP contribution in [-0.2, 0) is 0 Å². The summed E-state index contributed by atoms with van der Waals surface area (Å²) in [5.74, 6) is 0.200. The number of hydrogen-bond acceptors (Lipinski definition) is 5. The maximum Gasteiger partial charge on any atom is 0.204 e. The Morgan fingerprint density at radius 1 is 1.27 bits per heavy atom. The zero-order valence-electron chi connectivity index (χ0n) is 7.91. The van der Waals surface area contributed by atoms with E-state index in [1.807, 2.05) is 30.3 Å². The normalized spacial score (nSPS) is 14.8. The number of aromatic nitrogens is 4. The van der Waals surface area contributed by atoms with Crippen molar-refractivity contribution in [3.05, 3.63) is 41.7 Å². The summed E-state index contributed by atoms with van der Waals surface area (Å²) < 4.78 is 0. The van der Waals surface area contributed by atoms with Crippen LogP contribution in [0.2, 0.25) is 0 Å². The lowest BCUT2D eigenvalue weighted by molar-refractivity contribution is 0.137. The molecule has 0 spiro atoms. The highest BCUT2D eigenvalue weighted by molar-refractivity contribution is 5.20. The van der Waals surface area contributed by atoms with E-state index in [2.05, 4.69) is 20.6 Å². The first-order valence-corrected chi connectivity index (χ1v) is 4.51. The van der Waals surface area contributed by atoms with Gasteiger partial charge in [0.2, 0.25) is 5.82 Å². The van der Waals surface area contributed by atoms with Crippen molar-refractivity contribution in [2.24, 2.45) is 5.73 Å². The highest BCUT2D eigenvalue weighted by atomic mass is 16.3. The third kappa shape index (κ3) is 2.00. The molecule has 0 unspecified atom stereocenters. The fourth-order valence-electron chi connectivity index (χ4n) is 1.31. The molecule has 1 heterocycles. The number of aliphatic hydroxyl groups excluding tert-OH is 1. The Kier molecular flexibility index (Phi) is 2.70. The molecule has 0 bridgehead atoms. The number of H-pyrrole nitrogens is 1. The van der Waals surface area contributed by atoms with Crippen LogP contribution in [0.15, 0.2) is 30.3 Å². The largest absolute Gasteiger partial charge is 0.383 e. The summed E-state index contributed by atoms with van der Waals surface area (Å²) in [6.45, 7) is 0. The maximum absolute atomic E-state index is 9.82. The number of tetrazole rings is 1. The number of nitrogens with one attached hydrogen (secondary N) is 1. The second-order valence-corrected chi connectivity index (χ2v) is 3.15. The van der Waals surface area contributed by atoms with Crippen molar-refractivity contribution in [2.45, 2.75) is 12.1 Å². The van der Waals surface area contributed by atoms with Gasteiger partial charge in [-0.25, -0.2) is 0 Å². The van der Waals surface area contributed by atoms with Crippen LogP contribution in [0.3, 0.4) is 0 Å². The number of benzene rings is 1. The van der Waals surface area contributed by atoms with Gasteiger partial charge in [-0.15, -0.1) is 10.2 Å². The summed E-state index contributed by atoms with van der Waals surface area (Å²) in [6.07, 6.45) is -0.953. The van der Waals surface area contributed by atoms with Crippen molar-refractivity contribution in [3.8, 4) is 0 Å². The molecule has 0 aliphatic heterocycles. The number of nitrogens with two attached hydrogens (primary N) is 1. The number of rotatable bonds is 3. The molecule has 4 N–H and O–H groups in total. The quantitative estimate of drug-likeness (QED) is 0.651. The van der Waals surface area contributed by atoms with E-state index in [9.17, 15) is 5.11 Å². The van der Waals surface area contributed by atoms with Crippen molar-refractivity contribution in [2.75, 3.05) is 0 Å². The van der Waals surface area contributed by atoms with E-state index in [1.165, 1.54) is 0 Å². The van der Waals surface area contributed by atoms with Gasteiger partial charge in [-0.2, -0.15) is 5.21 Å². The van der Waals surface area contributed by atoms with Crippen molar-refractivity contribution in [1.29, 1.82) is 0 Å². The van der Waals surface area contributed by atoms with Crippen LogP contribution in [0, 0.1) is 0 Å². The Morgan fingerprint density at radius 3 is 2.60 bits per heavy atom. The molecule has 0 saturated carbocycles. The lowest BCUT2D eigenvalue weighted by atomic mass is 10.0. The zero-order valence-corrected chi connectivity index (χ0v) is 7.91. The highest BCUT2D eigenvalue weighted by Gasteiger charge is 2.21. The van der Waals surface area contributed by atoms with E-state index in [0.29, 0.717) is 0 Å². The third-order valence-electron chi connectivity index (χ3n) is 2.15. The lowest BCUT2D eigenvalue weighted by Gasteiger charge is -2.15. The van der Waals surface area contributed by atoms with Gasteiger partial charge in [-0.1, -0.05) is 35.5 Å². The van der Waals surface area contributed by atoms with Gasteiger partial charge in [0, 0.05) is 0 Å². The number of hydrogen-bond donors (Lipinski definition) is 3. The summed E-state index contributed by atoms with van der Waals surface area (Å²) in [6, 6.07) is 8.73. The molecule has 1 aromatic carbocycles. The number of aliphatic hydroxyl groups is 1. The van der Waals surface area contributed by atoms with Crippen LogP contribution in [0.1, 0.15) is 23.5 Å². The minimum Gasteiger partial charge on any atom is -0.383 e. The third-order valence-corrected chi connectivity index (χ3v) is 2.15. The summed E-state index contributed by atoms with van der Waals surface area (Å²) in [4.78, 5) is 0. The fourth-order valence-corrected chi connectivity index (χ4v) is 1.31. The van der Waals surface area contributed by atoms with Crippen molar-refractivity contribution in [3.63, 3.8) is 0 Å². The Balaban J connectivity index is 2.18. The molecule has 2 atom stereocenters. The molecule has 6 nitrogen and oxygen atoms in total. The molecule has 0 saturated heterocycles. The van der Waals surface area contributed by atoms with Gasteiger partial charge in [0.1, 0.15) is 6.10 Å².